The summed E-state index contributed by atoms with van der Waals surface area (Å²) in [6.07, 6.45) is 32.4. The fraction of sp³-hybridized carbons (Fsp3) is 0.935. The van der Waals surface area contributed by atoms with Gasteiger partial charge in [-0.3, -0.25) is 24.0 Å². The zero-order valence-electron chi connectivity index (χ0n) is 67.8. The Bertz CT molecular complexity index is 2630. The van der Waals surface area contributed by atoms with E-state index in [1.165, 1.54) is 77.0 Å². The Morgan fingerprint density at radius 3 is 1.34 bits per heavy atom. The van der Waals surface area contributed by atoms with Gasteiger partial charge in [-0.05, 0) is 314 Å². The summed E-state index contributed by atoms with van der Waals surface area (Å²) < 4.78 is 57.2. The molecule has 2 saturated heterocycles. The first kappa shape index (κ1) is 110. The van der Waals surface area contributed by atoms with Crippen LogP contribution in [0.1, 0.15) is 357 Å². The molecule has 0 amide bonds. The highest BCUT2D eigenvalue weighted by Gasteiger charge is 2.62. The molecular formula is C92H176O17S2. The number of ether oxygens (including phenoxy) is 10. The van der Waals surface area contributed by atoms with Crippen molar-refractivity contribution in [3.8, 4) is 0 Å². The third kappa shape index (κ3) is 30.0. The van der Waals surface area contributed by atoms with Gasteiger partial charge >= 0.3 is 35.8 Å². The van der Waals surface area contributed by atoms with Gasteiger partial charge in [0.25, 0.3) is 0 Å². The first-order valence-corrected chi connectivity index (χ1v) is 43.7. The highest BCUT2D eigenvalue weighted by molar-refractivity contribution is 7.98. The van der Waals surface area contributed by atoms with Crippen molar-refractivity contribution < 1.29 is 81.2 Å². The summed E-state index contributed by atoms with van der Waals surface area (Å²) in [7, 11) is 0. The van der Waals surface area contributed by atoms with Crippen LogP contribution >= 0.6 is 23.5 Å². The zero-order chi connectivity index (χ0) is 75.9. The summed E-state index contributed by atoms with van der Waals surface area (Å²) in [5.41, 5.74) is -2.92. The van der Waals surface area contributed by atoms with E-state index < -0.39 is 34.5 Å². The van der Waals surface area contributed by atoms with Gasteiger partial charge < -0.3 is 52.5 Å². The number of fused-ring (bicyclic) bond motifs is 1. The maximum Gasteiger partial charge on any atom is 0.344 e. The van der Waals surface area contributed by atoms with Gasteiger partial charge in [0.05, 0.1) is 59.6 Å². The second kappa shape index (κ2) is 48.4. The Morgan fingerprint density at radius 1 is 0.514 bits per heavy atom. The van der Waals surface area contributed by atoms with E-state index in [1.54, 1.807) is 37.4 Å². The van der Waals surface area contributed by atoms with Crippen molar-refractivity contribution in [2.45, 2.75) is 404 Å². The molecular weight excluding hydrogens is 1440 g/mol. The molecule has 12 saturated carbocycles. The molecule has 17 nitrogen and oxygen atoms in total. The van der Waals surface area contributed by atoms with Crippen molar-refractivity contribution in [1.82, 2.24) is 0 Å². The van der Waals surface area contributed by atoms with Gasteiger partial charge in [0.1, 0.15) is 29.0 Å². The standard InChI is InChI=1S/C19H32O2.C18H26O6.C18H36O4S2.C16H26O3.C13H24O2.8CH4/c1-6-18(4,5)17(20)21-19(12(2)3)15-8-13-7-14(10-15)11-16(19)9-13;1-4-18(2,3)17(21)22-9-14(19)24-15-11-5-10-6-12(8-11)16(20)23-13(15)7-10;1-15(19-9-11-23-3)21-13-17-5-7-18(8-6-17)14-22-16(2)20-10-12-24-4;1-4-14(2,3)13(17)19-16-8-11-5-12(9-16)7-15(18,6-11)10-16;1-5-12(3,4)11(14)15-13(6-2)9-7-8-10-13;;;;;;;;/h12-16H,6-11H2,1-5H3;10-13,15H,4-9H2,1-3H3;15-18H,5-14H2,1-4H3;11-12,18H,4-10H2,1-3H3;5-10H2,1-4H3;8*1H4. The lowest BCUT2D eigenvalue weighted by Gasteiger charge is -2.62. The van der Waals surface area contributed by atoms with Crippen LogP contribution in [0.15, 0.2) is 0 Å². The van der Waals surface area contributed by atoms with Gasteiger partial charge in [0.15, 0.2) is 19.2 Å². The first-order valence-electron chi connectivity index (χ1n) is 40.9. The summed E-state index contributed by atoms with van der Waals surface area (Å²) in [6.45, 7) is 36.9. The number of hydrogen-bond donors (Lipinski definition) is 1. The number of carbonyl (C=O) groups is 6. The van der Waals surface area contributed by atoms with Crippen LogP contribution in [0.5, 0.6) is 0 Å². The van der Waals surface area contributed by atoms with E-state index in [9.17, 15) is 33.9 Å². The van der Waals surface area contributed by atoms with E-state index in [4.69, 9.17) is 47.4 Å². The van der Waals surface area contributed by atoms with Gasteiger partial charge in [-0.1, -0.05) is 108 Å². The van der Waals surface area contributed by atoms with Gasteiger partial charge in [-0.15, -0.1) is 0 Å². The molecule has 0 aromatic heterocycles. The Labute approximate surface area is 690 Å². The molecule has 14 rings (SSSR count). The maximum atomic E-state index is 12.8. The molecule has 9 atom stereocenters. The number of carbonyl (C=O) groups excluding carboxylic acids is 6. The minimum Gasteiger partial charge on any atom is -0.459 e. The van der Waals surface area contributed by atoms with Crippen molar-refractivity contribution in [2.75, 3.05) is 57.1 Å². The number of esters is 6. The summed E-state index contributed by atoms with van der Waals surface area (Å²) in [6, 6.07) is 0. The molecule has 0 spiro atoms. The van der Waals surface area contributed by atoms with Gasteiger partial charge in [0.2, 0.25) is 0 Å². The van der Waals surface area contributed by atoms with Crippen molar-refractivity contribution in [2.24, 2.45) is 92.7 Å². The number of thioether (sulfide) groups is 2. The largest absolute Gasteiger partial charge is 0.459 e. The third-order valence-corrected chi connectivity index (χ3v) is 28.0. The second-order valence-electron chi connectivity index (χ2n) is 36.7. The van der Waals surface area contributed by atoms with Crippen molar-refractivity contribution >= 4 is 59.3 Å². The second-order valence-corrected chi connectivity index (χ2v) is 38.7. The Hall–Kier alpha value is -2.68. The van der Waals surface area contributed by atoms with E-state index in [0.717, 1.165) is 140 Å². The van der Waals surface area contributed by atoms with Gasteiger partial charge in [0, 0.05) is 23.8 Å². The zero-order valence-corrected chi connectivity index (χ0v) is 69.4. The average Bonchev–Trinajstić information content (AvgIpc) is 1.40. The monoisotopic (exact) mass is 1620 g/mol. The molecule has 12 bridgehead atoms. The molecule has 19 heteroatoms. The van der Waals surface area contributed by atoms with Crippen LogP contribution in [0.25, 0.3) is 0 Å². The smallest absolute Gasteiger partial charge is 0.344 e. The average molecular weight is 1620 g/mol. The lowest BCUT2D eigenvalue weighted by Crippen LogP contribution is -2.63. The molecule has 12 aliphatic carbocycles. The van der Waals surface area contributed by atoms with Crippen molar-refractivity contribution in [3.63, 3.8) is 0 Å². The third-order valence-electron chi connectivity index (χ3n) is 26.9. The topological polar surface area (TPSA) is 215 Å². The Kier molecular flexibility index (Phi) is 48.1. The summed E-state index contributed by atoms with van der Waals surface area (Å²) in [4.78, 5) is 73.2. The lowest BCUT2D eigenvalue weighted by molar-refractivity contribution is -0.231. The maximum absolute atomic E-state index is 12.8. The molecule has 0 radical (unpaired) electrons. The predicted molar refractivity (Wildman–Crippen MR) is 461 cm³/mol. The SMILES string of the molecule is C.C.C.C.C.C.C.C.CCC(C)(C)C(=O)OC1(C(C)C)C2CC3CC(C2)CC1C3.CCC(C)(C)C(=O)OC12CC3CC(CC(O)(C3)C1)C2.CCC(C)(C)C(=O)OCC(=O)OC1C2CC3CC(C2)C(=O)OC1C3.CCC1(OC(=O)C(C)(C)CC)CCCC1.CSCCOC(C)OCC1CCC(COC(C)OCCSC)CC1. The normalized spacial score (nSPS) is 30.9. The lowest BCUT2D eigenvalue weighted by atomic mass is 9.47. The molecule has 9 unspecified atom stereocenters. The van der Waals surface area contributed by atoms with Crippen LogP contribution in [0.3, 0.4) is 0 Å². The van der Waals surface area contributed by atoms with Crippen molar-refractivity contribution in [3.05, 3.63) is 0 Å². The van der Waals surface area contributed by atoms with E-state index in [1.807, 2.05) is 76.2 Å². The molecule has 111 heavy (non-hydrogen) atoms. The highest BCUT2D eigenvalue weighted by Crippen LogP contribution is 2.63. The summed E-state index contributed by atoms with van der Waals surface area (Å²) >= 11 is 3.60. The van der Waals surface area contributed by atoms with E-state index in [2.05, 4.69) is 40.2 Å². The number of rotatable bonds is 30. The minimum atomic E-state index is -0.615. The molecule has 658 valence electrons. The molecule has 2 aliphatic heterocycles. The Morgan fingerprint density at radius 2 is 0.928 bits per heavy atom. The highest BCUT2D eigenvalue weighted by atomic mass is 32.2. The van der Waals surface area contributed by atoms with Crippen LogP contribution < -0.4 is 0 Å². The summed E-state index contributed by atoms with van der Waals surface area (Å²) in [5, 5.41) is 10.6. The first-order chi connectivity index (χ1) is 48.5. The van der Waals surface area contributed by atoms with Crippen molar-refractivity contribution in [1.29, 1.82) is 0 Å². The van der Waals surface area contributed by atoms with Gasteiger partial charge in [-0.2, -0.15) is 23.5 Å². The molecule has 0 aromatic carbocycles. The number of hydrogen-bond acceptors (Lipinski definition) is 19. The quantitative estimate of drug-likeness (QED) is 0.0306. The molecule has 14 fully saturated rings. The summed E-state index contributed by atoms with van der Waals surface area (Å²) in [5.74, 6) is 7.42. The fourth-order valence-electron chi connectivity index (χ4n) is 19.2. The van der Waals surface area contributed by atoms with E-state index in [0.29, 0.717) is 60.2 Å². The van der Waals surface area contributed by atoms with Crippen LogP contribution in [-0.4, -0.2) is 145 Å². The van der Waals surface area contributed by atoms with Crippen LogP contribution in [-0.2, 0) is 76.1 Å². The molecule has 1 N–H and O–H groups in total. The molecule has 14 aliphatic rings. The minimum absolute atomic E-state index is 0. The van der Waals surface area contributed by atoms with Crippen LogP contribution in [0, 0.1) is 92.7 Å². The molecule has 2 heterocycles. The molecule has 0 aromatic rings. The van der Waals surface area contributed by atoms with E-state index >= 15 is 0 Å². The van der Waals surface area contributed by atoms with Crippen LogP contribution in [0.4, 0.5) is 0 Å². The van der Waals surface area contributed by atoms with Crippen LogP contribution in [0.2, 0.25) is 0 Å². The van der Waals surface area contributed by atoms with E-state index in [-0.39, 0.29) is 148 Å². The predicted octanol–water partition coefficient (Wildman–Crippen LogP) is 23.2. The fourth-order valence-corrected chi connectivity index (χ4v) is 19.8. The number of aliphatic hydroxyl groups is 1. The van der Waals surface area contributed by atoms with Gasteiger partial charge in [-0.25, -0.2) is 4.79 Å². The Balaban J connectivity index is 0.